The summed E-state index contributed by atoms with van der Waals surface area (Å²) in [5.74, 6) is -0.0690. The molecule has 1 heterocycles. The first-order valence-electron chi connectivity index (χ1n) is 9.77. The van der Waals surface area contributed by atoms with Crippen molar-refractivity contribution in [1.29, 1.82) is 0 Å². The Morgan fingerprint density at radius 2 is 2.21 bits per heavy atom. The van der Waals surface area contributed by atoms with Gasteiger partial charge in [-0.3, -0.25) is 4.79 Å². The van der Waals surface area contributed by atoms with Gasteiger partial charge in [0.05, 0.1) is 16.6 Å². The number of hydrogen-bond acceptors (Lipinski definition) is 5. The Morgan fingerprint density at radius 3 is 3.00 bits per heavy atom. The zero-order chi connectivity index (χ0) is 20.2. The van der Waals surface area contributed by atoms with Crippen molar-refractivity contribution in [2.45, 2.75) is 38.5 Å². The number of rotatable bonds is 7. The number of aromatic nitrogens is 1. The van der Waals surface area contributed by atoms with Crippen LogP contribution in [0, 0.1) is 0 Å². The number of carbonyl (C=O) groups is 1. The molecule has 150 valence electrons. The molecule has 0 spiro atoms. The Hall–Kier alpha value is -2.54. The van der Waals surface area contributed by atoms with Gasteiger partial charge in [0.1, 0.15) is 5.01 Å². The predicted octanol–water partition coefficient (Wildman–Crippen LogP) is 4.36. The number of aliphatic hydroxyl groups is 1. The van der Waals surface area contributed by atoms with Gasteiger partial charge in [-0.15, -0.1) is 11.3 Å². The lowest BCUT2D eigenvalue weighted by Crippen LogP contribution is -2.24. The molecule has 4 rings (SSSR count). The van der Waals surface area contributed by atoms with Crippen LogP contribution in [0.4, 0.5) is 0 Å². The number of benzene rings is 2. The smallest absolute Gasteiger partial charge is 0.227 e. The molecule has 1 unspecified atom stereocenters. The van der Waals surface area contributed by atoms with Crippen LogP contribution in [0.3, 0.4) is 0 Å². The Morgan fingerprint density at radius 1 is 1.31 bits per heavy atom. The largest absolute Gasteiger partial charge is 0.364 e. The first kappa shape index (κ1) is 19.8. The summed E-state index contributed by atoms with van der Waals surface area (Å²) in [6.45, 7) is 0.395. The minimum atomic E-state index is -0.960. The van der Waals surface area contributed by atoms with E-state index in [1.165, 1.54) is 24.7 Å². The van der Waals surface area contributed by atoms with E-state index in [2.05, 4.69) is 28.5 Å². The number of amides is 1. The second-order valence-electron chi connectivity index (χ2n) is 7.20. The first-order chi connectivity index (χ1) is 14.1. The fourth-order valence-electron chi connectivity index (χ4n) is 3.57. The first-order valence-corrected chi connectivity index (χ1v) is 10.6. The van der Waals surface area contributed by atoms with Crippen molar-refractivity contribution in [3.8, 4) is 0 Å². The molecule has 0 aliphatic heterocycles. The summed E-state index contributed by atoms with van der Waals surface area (Å²) in [5.41, 5.74) is 5.21. The van der Waals surface area contributed by atoms with Crippen LogP contribution in [0.25, 0.3) is 15.8 Å². The molecule has 1 aromatic heterocycles. The van der Waals surface area contributed by atoms with Crippen molar-refractivity contribution in [3.05, 3.63) is 70.2 Å². The number of methoxy groups -OCH3 is 1. The summed E-state index contributed by atoms with van der Waals surface area (Å²) < 4.78 is 6.05. The van der Waals surface area contributed by atoms with Gasteiger partial charge >= 0.3 is 0 Å². The third kappa shape index (κ3) is 4.72. The van der Waals surface area contributed by atoms with Crippen LogP contribution in [0.5, 0.6) is 0 Å². The van der Waals surface area contributed by atoms with Gasteiger partial charge in [-0.25, -0.2) is 4.98 Å². The van der Waals surface area contributed by atoms with Crippen molar-refractivity contribution in [2.75, 3.05) is 7.11 Å². The molecular weight excluding hydrogens is 384 g/mol. The summed E-state index contributed by atoms with van der Waals surface area (Å²) in [5, 5.41) is 13.5. The lowest BCUT2D eigenvalue weighted by molar-refractivity contribution is -0.120. The van der Waals surface area contributed by atoms with Crippen LogP contribution in [-0.2, 0) is 22.5 Å². The molecular formula is C23H24N2O3S. The molecule has 1 aliphatic rings. The monoisotopic (exact) mass is 408 g/mol. The van der Waals surface area contributed by atoms with Crippen LogP contribution in [0.2, 0.25) is 0 Å². The molecule has 0 fully saturated rings. The summed E-state index contributed by atoms with van der Waals surface area (Å²) in [7, 11) is 1.45. The van der Waals surface area contributed by atoms with Crippen molar-refractivity contribution in [2.24, 2.45) is 0 Å². The Kier molecular flexibility index (Phi) is 6.04. The van der Waals surface area contributed by atoms with Gasteiger partial charge in [-0.1, -0.05) is 30.3 Å². The summed E-state index contributed by atoms with van der Waals surface area (Å²) >= 11 is 1.58. The van der Waals surface area contributed by atoms with Gasteiger partial charge in [-0.05, 0) is 54.2 Å². The molecule has 0 saturated carbocycles. The van der Waals surface area contributed by atoms with Crippen LogP contribution in [-0.4, -0.2) is 23.1 Å². The normalized spacial score (nSPS) is 14.8. The summed E-state index contributed by atoms with van der Waals surface area (Å²) in [4.78, 5) is 17.0. The molecule has 0 radical (unpaired) electrons. The zero-order valence-electron chi connectivity index (χ0n) is 16.4. The molecule has 0 saturated heterocycles. The van der Waals surface area contributed by atoms with Crippen molar-refractivity contribution in [1.82, 2.24) is 10.3 Å². The van der Waals surface area contributed by atoms with Crippen LogP contribution in [0.1, 0.15) is 47.3 Å². The quantitative estimate of drug-likeness (QED) is 0.570. The maximum absolute atomic E-state index is 12.4. The Labute approximate surface area is 174 Å². The second-order valence-corrected chi connectivity index (χ2v) is 8.31. The van der Waals surface area contributed by atoms with Crippen LogP contribution >= 0.6 is 11.3 Å². The number of nitrogens with one attached hydrogen (secondary N) is 1. The number of carbonyl (C=O) groups excluding carboxylic acids is 1. The second kappa shape index (κ2) is 8.86. The molecule has 6 heteroatoms. The van der Waals surface area contributed by atoms with Gasteiger partial charge < -0.3 is 15.2 Å². The van der Waals surface area contributed by atoms with E-state index >= 15 is 0 Å². The highest BCUT2D eigenvalue weighted by Gasteiger charge is 2.12. The minimum absolute atomic E-state index is 0.0690. The van der Waals surface area contributed by atoms with E-state index in [1.807, 2.05) is 24.3 Å². The van der Waals surface area contributed by atoms with E-state index in [4.69, 9.17) is 4.74 Å². The number of hydrogen-bond donors (Lipinski definition) is 2. The Balaban J connectivity index is 1.39. The molecule has 2 N–H and O–H groups in total. The number of fused-ring (bicyclic) bond motifs is 1. The highest BCUT2D eigenvalue weighted by Crippen LogP contribution is 2.31. The molecule has 3 aromatic rings. The third-order valence-electron chi connectivity index (χ3n) is 5.11. The van der Waals surface area contributed by atoms with E-state index in [9.17, 15) is 9.90 Å². The number of thiazole rings is 1. The molecule has 1 aliphatic carbocycles. The summed E-state index contributed by atoms with van der Waals surface area (Å²) in [6.07, 6.45) is 5.15. The summed E-state index contributed by atoms with van der Waals surface area (Å²) in [6, 6.07) is 13.7. The molecule has 29 heavy (non-hydrogen) atoms. The standard InChI is InChI=1S/C23H24N2O3S/c1-28-23(27)18-8-4-5-15(11-18)14-24-21(26)13-22-25-19-10-9-17(12-20(19)29-22)16-6-2-3-7-16/h4-6,8-12,23,27H,2-3,7,13-14H2,1H3,(H,24,26). The number of nitrogens with zero attached hydrogens (tertiary/aromatic N) is 1. The average Bonchev–Trinajstić information content (AvgIpc) is 3.40. The van der Waals surface area contributed by atoms with Crippen molar-refractivity contribution >= 4 is 33.0 Å². The maximum atomic E-state index is 12.4. The maximum Gasteiger partial charge on any atom is 0.227 e. The van der Waals surface area contributed by atoms with E-state index in [0.29, 0.717) is 12.1 Å². The van der Waals surface area contributed by atoms with Gasteiger partial charge in [0.15, 0.2) is 6.29 Å². The fourth-order valence-corrected chi connectivity index (χ4v) is 4.58. The van der Waals surface area contributed by atoms with E-state index < -0.39 is 6.29 Å². The number of allylic oxidation sites excluding steroid dienone is 2. The van der Waals surface area contributed by atoms with Gasteiger partial charge in [0.2, 0.25) is 5.91 Å². The van der Waals surface area contributed by atoms with Crippen molar-refractivity contribution in [3.63, 3.8) is 0 Å². The molecule has 1 amide bonds. The van der Waals surface area contributed by atoms with Crippen LogP contribution in [0.15, 0.2) is 48.5 Å². The SMILES string of the molecule is COC(O)c1cccc(CNC(=O)Cc2nc3ccc(C4=CCCC4)cc3s2)c1. The third-order valence-corrected chi connectivity index (χ3v) is 6.12. The van der Waals surface area contributed by atoms with Gasteiger partial charge in [0.25, 0.3) is 0 Å². The van der Waals surface area contributed by atoms with E-state index in [1.54, 1.807) is 17.4 Å². The highest BCUT2D eigenvalue weighted by molar-refractivity contribution is 7.18. The van der Waals surface area contributed by atoms with E-state index in [0.717, 1.165) is 33.6 Å². The highest BCUT2D eigenvalue weighted by atomic mass is 32.1. The topological polar surface area (TPSA) is 71.5 Å². The molecule has 0 bridgehead atoms. The zero-order valence-corrected chi connectivity index (χ0v) is 17.2. The predicted molar refractivity (Wildman–Crippen MR) is 115 cm³/mol. The average molecular weight is 409 g/mol. The number of aliphatic hydroxyl groups excluding tert-OH is 1. The van der Waals surface area contributed by atoms with E-state index in [-0.39, 0.29) is 12.3 Å². The van der Waals surface area contributed by atoms with Crippen molar-refractivity contribution < 1.29 is 14.6 Å². The molecule has 5 nitrogen and oxygen atoms in total. The minimum Gasteiger partial charge on any atom is -0.364 e. The lowest BCUT2D eigenvalue weighted by atomic mass is 10.1. The van der Waals surface area contributed by atoms with Gasteiger partial charge in [0, 0.05) is 19.2 Å². The molecule has 1 atom stereocenters. The lowest BCUT2D eigenvalue weighted by Gasteiger charge is -2.10. The fraction of sp³-hybridized carbons (Fsp3) is 0.304. The van der Waals surface area contributed by atoms with Gasteiger partial charge in [-0.2, -0.15) is 0 Å². The van der Waals surface area contributed by atoms with Crippen LogP contribution < -0.4 is 5.32 Å². The Bertz CT molecular complexity index is 1060. The molecule has 2 aromatic carbocycles. The number of ether oxygens (including phenoxy) is 1.